The summed E-state index contributed by atoms with van der Waals surface area (Å²) in [5, 5.41) is 5.55. The fourth-order valence-electron chi connectivity index (χ4n) is 2.47. The first-order valence-electron chi connectivity index (χ1n) is 8.32. The molecule has 1 aromatic heterocycles. The molecule has 27 heavy (non-hydrogen) atoms. The van der Waals surface area contributed by atoms with Gasteiger partial charge in [-0.2, -0.15) is 0 Å². The Balaban J connectivity index is 1.64. The number of amides is 1. The van der Waals surface area contributed by atoms with E-state index in [1.54, 1.807) is 12.1 Å². The van der Waals surface area contributed by atoms with Crippen LogP contribution >= 0.6 is 22.9 Å². The van der Waals surface area contributed by atoms with Gasteiger partial charge in [0.1, 0.15) is 0 Å². The number of hydrogen-bond donors (Lipinski definition) is 3. The molecule has 0 bridgehead atoms. The van der Waals surface area contributed by atoms with Crippen molar-refractivity contribution in [3.8, 4) is 11.3 Å². The molecular weight excluding hydrogens is 386 g/mol. The molecule has 0 unspecified atom stereocenters. The summed E-state index contributed by atoms with van der Waals surface area (Å²) in [4.78, 5) is 18.6. The Hall–Kier alpha value is -2.55. The second-order valence-electron chi connectivity index (χ2n) is 5.78. The summed E-state index contributed by atoms with van der Waals surface area (Å²) in [6.45, 7) is 2.69. The van der Waals surface area contributed by atoms with Crippen molar-refractivity contribution in [1.29, 1.82) is 0 Å². The van der Waals surface area contributed by atoms with Gasteiger partial charge in [0, 0.05) is 29.1 Å². The minimum absolute atomic E-state index is 0.0423. The third kappa shape index (κ3) is 5.00. The predicted octanol–water partition coefficient (Wildman–Crippen LogP) is 2.38. The number of ether oxygens (including phenoxy) is 1. The van der Waals surface area contributed by atoms with Crippen molar-refractivity contribution < 1.29 is 9.53 Å². The van der Waals surface area contributed by atoms with Crippen LogP contribution in [0.25, 0.3) is 11.3 Å². The fraction of sp³-hybridized carbons (Fsp3) is 0.222. The summed E-state index contributed by atoms with van der Waals surface area (Å²) >= 11 is 7.48. The molecule has 0 aliphatic carbocycles. The van der Waals surface area contributed by atoms with Gasteiger partial charge in [0.15, 0.2) is 5.13 Å². The number of benzene rings is 1. The lowest BCUT2D eigenvalue weighted by atomic mass is 10.2. The van der Waals surface area contributed by atoms with Crippen molar-refractivity contribution in [1.82, 2.24) is 9.88 Å². The van der Waals surface area contributed by atoms with E-state index in [1.165, 1.54) is 17.4 Å². The molecule has 1 aliphatic rings. The lowest BCUT2D eigenvalue weighted by molar-refractivity contribution is -0.112. The number of allylic oxidation sites excluding steroid dienone is 2. The Bertz CT molecular complexity index is 874. The molecule has 2 heterocycles. The number of morpholine rings is 1. The molecule has 3 rings (SSSR count). The average molecular weight is 406 g/mol. The molecule has 1 amide bonds. The lowest BCUT2D eigenvalue weighted by Gasteiger charge is -2.28. The maximum absolute atomic E-state index is 12.2. The molecule has 142 valence electrons. The molecule has 2 aromatic rings. The molecule has 0 spiro atoms. The molecule has 0 saturated carbocycles. The van der Waals surface area contributed by atoms with Crippen LogP contribution in [0, 0.1) is 0 Å². The van der Waals surface area contributed by atoms with Crippen molar-refractivity contribution in [2.45, 2.75) is 0 Å². The average Bonchev–Trinajstić information content (AvgIpc) is 3.15. The maximum Gasteiger partial charge on any atom is 0.273 e. The van der Waals surface area contributed by atoms with E-state index in [1.807, 2.05) is 28.5 Å². The number of nitrogens with zero attached hydrogens (tertiary/aromatic N) is 2. The Morgan fingerprint density at radius 1 is 1.26 bits per heavy atom. The van der Waals surface area contributed by atoms with Gasteiger partial charge in [0.2, 0.25) is 0 Å². The quantitative estimate of drug-likeness (QED) is 0.520. The fourth-order valence-corrected chi connectivity index (χ4v) is 3.41. The topological polar surface area (TPSA) is 107 Å². The monoisotopic (exact) mass is 405 g/mol. The number of nitrogens with two attached hydrogens (primary N) is 2. The van der Waals surface area contributed by atoms with Crippen LogP contribution in [0.4, 0.5) is 5.13 Å². The summed E-state index contributed by atoms with van der Waals surface area (Å²) in [6, 6.07) is 7.39. The first-order valence-corrected chi connectivity index (χ1v) is 9.58. The summed E-state index contributed by atoms with van der Waals surface area (Å²) in [5.41, 5.74) is 13.4. The lowest BCUT2D eigenvalue weighted by Crippen LogP contribution is -2.38. The number of carbonyl (C=O) groups excluding carboxylic acids is 1. The first kappa shape index (κ1) is 19.2. The van der Waals surface area contributed by atoms with Crippen LogP contribution in [0.5, 0.6) is 0 Å². The van der Waals surface area contributed by atoms with Crippen LogP contribution < -0.4 is 16.8 Å². The van der Waals surface area contributed by atoms with Crippen molar-refractivity contribution >= 4 is 34.0 Å². The Morgan fingerprint density at radius 3 is 2.74 bits per heavy atom. The zero-order valence-electron chi connectivity index (χ0n) is 14.5. The van der Waals surface area contributed by atoms with Crippen LogP contribution in [0.2, 0.25) is 5.02 Å². The highest BCUT2D eigenvalue weighted by Gasteiger charge is 2.13. The highest BCUT2D eigenvalue weighted by Crippen LogP contribution is 2.30. The van der Waals surface area contributed by atoms with E-state index in [0.717, 1.165) is 5.56 Å². The van der Waals surface area contributed by atoms with E-state index < -0.39 is 5.91 Å². The number of nitrogens with one attached hydrogen (secondary N) is 1. The summed E-state index contributed by atoms with van der Waals surface area (Å²) < 4.78 is 5.28. The highest BCUT2D eigenvalue weighted by molar-refractivity contribution is 7.14. The molecule has 7 nitrogen and oxygen atoms in total. The van der Waals surface area contributed by atoms with Crippen LogP contribution in [0.15, 0.2) is 53.3 Å². The first-order chi connectivity index (χ1) is 13.0. The van der Waals surface area contributed by atoms with E-state index in [9.17, 15) is 4.79 Å². The van der Waals surface area contributed by atoms with Crippen LogP contribution in [0.1, 0.15) is 0 Å². The molecule has 1 aliphatic heterocycles. The van der Waals surface area contributed by atoms with Gasteiger partial charge in [-0.05, 0) is 18.2 Å². The number of thiazole rings is 1. The van der Waals surface area contributed by atoms with Crippen molar-refractivity contribution in [2.75, 3.05) is 31.6 Å². The van der Waals surface area contributed by atoms with Gasteiger partial charge in [-0.1, -0.05) is 29.8 Å². The van der Waals surface area contributed by atoms with E-state index in [-0.39, 0.29) is 5.70 Å². The molecule has 0 atom stereocenters. The molecule has 0 radical (unpaired) electrons. The molecular formula is C18H20ClN5O2S. The van der Waals surface area contributed by atoms with Crippen molar-refractivity contribution in [2.24, 2.45) is 11.5 Å². The number of aromatic nitrogens is 1. The Labute approximate surface area is 166 Å². The van der Waals surface area contributed by atoms with E-state index in [2.05, 4.69) is 10.3 Å². The number of rotatable bonds is 5. The largest absolute Gasteiger partial charge is 0.394 e. The normalized spacial score (nSPS) is 15.7. The van der Waals surface area contributed by atoms with Crippen molar-refractivity contribution in [3.05, 3.63) is 58.3 Å². The van der Waals surface area contributed by atoms with Gasteiger partial charge >= 0.3 is 0 Å². The van der Waals surface area contributed by atoms with E-state index in [4.69, 9.17) is 27.8 Å². The van der Waals surface area contributed by atoms with Crippen LogP contribution in [0.3, 0.4) is 0 Å². The Kier molecular flexibility index (Phi) is 6.33. The van der Waals surface area contributed by atoms with Crippen LogP contribution in [-0.4, -0.2) is 42.1 Å². The van der Waals surface area contributed by atoms with E-state index in [0.29, 0.717) is 48.0 Å². The van der Waals surface area contributed by atoms with Gasteiger partial charge < -0.3 is 21.1 Å². The number of anilines is 1. The predicted molar refractivity (Wildman–Crippen MR) is 108 cm³/mol. The minimum Gasteiger partial charge on any atom is -0.394 e. The number of hydrogen-bond acceptors (Lipinski definition) is 7. The second-order valence-corrected chi connectivity index (χ2v) is 7.05. The van der Waals surface area contributed by atoms with Crippen LogP contribution in [-0.2, 0) is 9.53 Å². The smallest absolute Gasteiger partial charge is 0.273 e. The third-order valence-corrected chi connectivity index (χ3v) is 5.03. The second kappa shape index (κ2) is 8.90. The van der Waals surface area contributed by atoms with Gasteiger partial charge in [0.25, 0.3) is 5.91 Å². The van der Waals surface area contributed by atoms with Gasteiger partial charge in [-0.25, -0.2) is 4.98 Å². The molecule has 1 saturated heterocycles. The number of halogens is 1. The third-order valence-electron chi connectivity index (χ3n) is 3.95. The van der Waals surface area contributed by atoms with Gasteiger partial charge in [-0.15, -0.1) is 11.3 Å². The molecule has 1 aromatic carbocycles. The molecule has 9 heteroatoms. The van der Waals surface area contributed by atoms with Gasteiger partial charge in [-0.3, -0.25) is 10.1 Å². The molecule has 1 fully saturated rings. The van der Waals surface area contributed by atoms with Gasteiger partial charge in [0.05, 0.1) is 30.4 Å². The zero-order valence-corrected chi connectivity index (χ0v) is 16.1. The summed E-state index contributed by atoms with van der Waals surface area (Å²) in [7, 11) is 0. The summed E-state index contributed by atoms with van der Waals surface area (Å²) in [6.07, 6.45) is 3.11. The van der Waals surface area contributed by atoms with E-state index >= 15 is 0 Å². The Morgan fingerprint density at radius 2 is 2.00 bits per heavy atom. The summed E-state index contributed by atoms with van der Waals surface area (Å²) in [5.74, 6) is 0.102. The minimum atomic E-state index is -0.443. The highest BCUT2D eigenvalue weighted by atomic mass is 35.5. The standard InChI is InChI=1S/C18H20ClN5O2S/c19-13-4-2-1-3-12(13)15-11-27-18(22-15)23-17(25)14(20)5-6-16(21)24-7-9-26-10-8-24/h1-6,11H,7-10,20-21H2,(H,22,23,25)/b14-5-,16-6+. The van der Waals surface area contributed by atoms with Crippen molar-refractivity contribution in [3.63, 3.8) is 0 Å². The number of carbonyl (C=O) groups is 1. The zero-order chi connectivity index (χ0) is 19.2. The maximum atomic E-state index is 12.2. The SMILES string of the molecule is N/C(=C\C=C(/N)N1CCOCC1)C(=O)Nc1nc(-c2ccccc2Cl)cs1. The molecule has 5 N–H and O–H groups in total.